The summed E-state index contributed by atoms with van der Waals surface area (Å²) in [5, 5.41) is 4.98. The van der Waals surface area contributed by atoms with Gasteiger partial charge < -0.3 is 9.47 Å². The first kappa shape index (κ1) is 12.5. The third-order valence-corrected chi connectivity index (χ3v) is 2.85. The van der Waals surface area contributed by atoms with Crippen LogP contribution >= 0.6 is 0 Å². The molecule has 0 spiro atoms. The lowest BCUT2D eigenvalue weighted by atomic mass is 10.2. The molecule has 0 aliphatic carbocycles. The second-order valence-corrected chi connectivity index (χ2v) is 4.43. The summed E-state index contributed by atoms with van der Waals surface area (Å²) in [7, 11) is -1.47. The Kier molecular flexibility index (Phi) is 3.51. The van der Waals surface area contributed by atoms with Gasteiger partial charge in [-0.25, -0.2) is 18.4 Å². The van der Waals surface area contributed by atoms with Crippen molar-refractivity contribution in [3.05, 3.63) is 23.8 Å². The minimum absolute atomic E-state index is 0.120. The number of hydrogen-bond acceptors (Lipinski definition) is 5. The van der Waals surface area contributed by atoms with Crippen molar-refractivity contribution in [3.63, 3.8) is 0 Å². The summed E-state index contributed by atoms with van der Waals surface area (Å²) in [5.74, 6) is -0.483. The van der Waals surface area contributed by atoms with Crippen LogP contribution in [-0.2, 0) is 14.8 Å². The molecule has 1 aromatic carbocycles. The van der Waals surface area contributed by atoms with E-state index in [-0.39, 0.29) is 16.2 Å². The Balaban J connectivity index is 3.45. The van der Waals surface area contributed by atoms with Crippen LogP contribution in [0.4, 0.5) is 0 Å². The molecule has 7 heteroatoms. The fourth-order valence-electron chi connectivity index (χ4n) is 1.14. The first-order valence-corrected chi connectivity index (χ1v) is 5.74. The van der Waals surface area contributed by atoms with Crippen molar-refractivity contribution in [1.82, 2.24) is 0 Å². The van der Waals surface area contributed by atoms with Crippen LogP contribution < -0.4 is 9.88 Å². The summed E-state index contributed by atoms with van der Waals surface area (Å²) in [4.78, 5) is 11.0. The molecular weight excluding hydrogens is 234 g/mol. The highest BCUT2D eigenvalue weighted by atomic mass is 32.2. The quantitative estimate of drug-likeness (QED) is 0.763. The molecule has 16 heavy (non-hydrogen) atoms. The second-order valence-electron chi connectivity index (χ2n) is 2.90. The molecule has 0 aliphatic rings. The van der Waals surface area contributed by atoms with Crippen LogP contribution in [0, 0.1) is 0 Å². The monoisotopic (exact) mass is 245 g/mol. The first-order chi connectivity index (χ1) is 7.40. The number of methoxy groups -OCH3 is 2. The van der Waals surface area contributed by atoms with E-state index in [0.717, 1.165) is 7.11 Å². The molecule has 0 saturated carbocycles. The third kappa shape index (κ3) is 2.50. The fraction of sp³-hybridized carbons (Fsp3) is 0.222. The predicted molar refractivity (Wildman–Crippen MR) is 55.7 cm³/mol. The summed E-state index contributed by atoms with van der Waals surface area (Å²) in [5.41, 5.74) is -0.120. The van der Waals surface area contributed by atoms with Gasteiger partial charge in [0.05, 0.1) is 24.7 Å². The van der Waals surface area contributed by atoms with E-state index in [4.69, 9.17) is 9.88 Å². The maximum Gasteiger partial charge on any atom is 0.339 e. The van der Waals surface area contributed by atoms with Crippen molar-refractivity contribution in [2.24, 2.45) is 5.14 Å². The van der Waals surface area contributed by atoms with Gasteiger partial charge in [-0.15, -0.1) is 0 Å². The molecule has 0 aliphatic heterocycles. The number of benzene rings is 1. The molecule has 0 radical (unpaired) electrons. The number of carbonyl (C=O) groups excluding carboxylic acids is 1. The molecular formula is C9H11NO5S. The van der Waals surface area contributed by atoms with Crippen molar-refractivity contribution in [1.29, 1.82) is 0 Å². The molecule has 1 aromatic rings. The highest BCUT2D eigenvalue weighted by Crippen LogP contribution is 2.21. The van der Waals surface area contributed by atoms with E-state index in [2.05, 4.69) is 4.74 Å². The van der Waals surface area contributed by atoms with Crippen LogP contribution in [-0.4, -0.2) is 28.6 Å². The number of nitrogens with two attached hydrogens (primary N) is 1. The van der Waals surface area contributed by atoms with Gasteiger partial charge in [0.15, 0.2) is 0 Å². The van der Waals surface area contributed by atoms with E-state index >= 15 is 0 Å². The summed E-state index contributed by atoms with van der Waals surface area (Å²) in [6, 6.07) is 3.90. The predicted octanol–water partition coefficient (Wildman–Crippen LogP) is 0.129. The number of esters is 1. The second kappa shape index (κ2) is 4.50. The van der Waals surface area contributed by atoms with Gasteiger partial charge in [-0.05, 0) is 12.1 Å². The molecule has 0 bridgehead atoms. The summed E-state index contributed by atoms with van der Waals surface area (Å²) < 4.78 is 31.8. The lowest BCUT2D eigenvalue weighted by Gasteiger charge is -2.07. The third-order valence-electron chi connectivity index (χ3n) is 1.90. The van der Waals surface area contributed by atoms with E-state index in [9.17, 15) is 13.2 Å². The highest BCUT2D eigenvalue weighted by molar-refractivity contribution is 7.89. The normalized spacial score (nSPS) is 10.9. The van der Waals surface area contributed by atoms with Gasteiger partial charge in [-0.3, -0.25) is 0 Å². The van der Waals surface area contributed by atoms with Gasteiger partial charge in [0, 0.05) is 6.07 Å². The number of ether oxygens (including phenoxy) is 2. The molecule has 0 unspecified atom stereocenters. The summed E-state index contributed by atoms with van der Waals surface area (Å²) in [6.07, 6.45) is 0. The summed E-state index contributed by atoms with van der Waals surface area (Å²) in [6.45, 7) is 0. The van der Waals surface area contributed by atoms with Gasteiger partial charge >= 0.3 is 5.97 Å². The van der Waals surface area contributed by atoms with Crippen LogP contribution in [0.5, 0.6) is 5.75 Å². The highest BCUT2D eigenvalue weighted by Gasteiger charge is 2.20. The molecule has 0 fully saturated rings. The topological polar surface area (TPSA) is 95.7 Å². The van der Waals surface area contributed by atoms with Crippen LogP contribution in [0.25, 0.3) is 0 Å². The van der Waals surface area contributed by atoms with Crippen LogP contribution in [0.2, 0.25) is 0 Å². The lowest BCUT2D eigenvalue weighted by Crippen LogP contribution is -2.17. The van der Waals surface area contributed by atoms with Crippen molar-refractivity contribution >= 4 is 16.0 Å². The summed E-state index contributed by atoms with van der Waals surface area (Å²) >= 11 is 0. The number of primary sulfonamides is 1. The molecule has 2 N–H and O–H groups in total. The van der Waals surface area contributed by atoms with E-state index < -0.39 is 16.0 Å². The minimum atomic E-state index is -4.00. The van der Waals surface area contributed by atoms with Crippen molar-refractivity contribution in [3.8, 4) is 5.75 Å². The average Bonchev–Trinajstić information content (AvgIpc) is 2.26. The molecule has 0 atom stereocenters. The molecule has 0 saturated heterocycles. The molecule has 88 valence electrons. The average molecular weight is 245 g/mol. The molecule has 0 amide bonds. The molecule has 1 rings (SSSR count). The zero-order valence-electron chi connectivity index (χ0n) is 8.76. The lowest BCUT2D eigenvalue weighted by molar-refractivity contribution is 0.0596. The minimum Gasteiger partial charge on any atom is -0.497 e. The van der Waals surface area contributed by atoms with Crippen LogP contribution in [0.1, 0.15) is 10.4 Å². The Labute approximate surface area is 93.0 Å². The van der Waals surface area contributed by atoms with E-state index in [1.54, 1.807) is 0 Å². The standard InChI is InChI=1S/C9H11NO5S/c1-14-6-3-4-7(9(11)15-2)8(5-6)16(10,12)13/h3-5H,1-2H3,(H2,10,12,13). The van der Waals surface area contributed by atoms with E-state index in [1.807, 2.05) is 0 Å². The van der Waals surface area contributed by atoms with Crippen LogP contribution in [0.3, 0.4) is 0 Å². The molecule has 0 aromatic heterocycles. The van der Waals surface area contributed by atoms with Gasteiger partial charge in [0.25, 0.3) is 0 Å². The first-order valence-electron chi connectivity index (χ1n) is 4.19. The largest absolute Gasteiger partial charge is 0.497 e. The Morgan fingerprint density at radius 3 is 2.38 bits per heavy atom. The van der Waals surface area contributed by atoms with E-state index in [0.29, 0.717) is 0 Å². The zero-order chi connectivity index (χ0) is 12.3. The number of hydrogen-bond donors (Lipinski definition) is 1. The maximum atomic E-state index is 11.3. The Morgan fingerprint density at radius 2 is 1.94 bits per heavy atom. The fourth-order valence-corrected chi connectivity index (χ4v) is 1.88. The SMILES string of the molecule is COC(=O)c1ccc(OC)cc1S(N)(=O)=O. The smallest absolute Gasteiger partial charge is 0.339 e. The van der Waals surface area contributed by atoms with Crippen molar-refractivity contribution < 1.29 is 22.7 Å². The van der Waals surface area contributed by atoms with Gasteiger partial charge in [0.1, 0.15) is 5.75 Å². The van der Waals surface area contributed by atoms with Crippen LogP contribution in [0.15, 0.2) is 23.1 Å². The van der Waals surface area contributed by atoms with Gasteiger partial charge in [-0.1, -0.05) is 0 Å². The maximum absolute atomic E-state index is 11.3. The van der Waals surface area contributed by atoms with Gasteiger partial charge in [-0.2, -0.15) is 0 Å². The van der Waals surface area contributed by atoms with Crippen molar-refractivity contribution in [2.75, 3.05) is 14.2 Å². The Hall–Kier alpha value is -1.60. The number of rotatable bonds is 3. The number of carbonyl (C=O) groups is 1. The Bertz CT molecular complexity index is 509. The molecule has 6 nitrogen and oxygen atoms in total. The number of sulfonamides is 1. The van der Waals surface area contributed by atoms with Crippen molar-refractivity contribution in [2.45, 2.75) is 4.90 Å². The Morgan fingerprint density at radius 1 is 1.31 bits per heavy atom. The van der Waals surface area contributed by atoms with E-state index in [1.165, 1.54) is 25.3 Å². The zero-order valence-corrected chi connectivity index (χ0v) is 9.58. The van der Waals surface area contributed by atoms with Gasteiger partial charge in [0.2, 0.25) is 10.0 Å². The molecule has 0 heterocycles.